The molecule has 0 radical (unpaired) electrons. The summed E-state index contributed by atoms with van der Waals surface area (Å²) in [7, 11) is 1.85. The highest BCUT2D eigenvalue weighted by molar-refractivity contribution is 6.30. The van der Waals surface area contributed by atoms with Crippen LogP contribution < -0.4 is 5.32 Å². The maximum atomic E-state index is 11.8. The Kier molecular flexibility index (Phi) is 3.46. The third-order valence-electron chi connectivity index (χ3n) is 2.87. The number of benzene rings is 1. The van der Waals surface area contributed by atoms with Crippen LogP contribution in [0, 0.1) is 0 Å². The van der Waals surface area contributed by atoms with E-state index in [9.17, 15) is 4.79 Å². The first-order chi connectivity index (χ1) is 7.66. The lowest BCUT2D eigenvalue weighted by atomic mass is 10.0. The number of piperazine rings is 1. The summed E-state index contributed by atoms with van der Waals surface area (Å²) in [5, 5.41) is 3.96. The van der Waals surface area contributed by atoms with E-state index in [1.54, 1.807) is 4.90 Å². The number of rotatable bonds is 2. The van der Waals surface area contributed by atoms with Gasteiger partial charge in [0.1, 0.15) is 0 Å². The summed E-state index contributed by atoms with van der Waals surface area (Å²) in [6.07, 6.45) is 0.723. The van der Waals surface area contributed by atoms with Crippen molar-refractivity contribution in [3.05, 3.63) is 34.9 Å². The fourth-order valence-corrected chi connectivity index (χ4v) is 2.01. The molecule has 1 N–H and O–H groups in total. The largest absolute Gasteiger partial charge is 0.343 e. The second kappa shape index (κ2) is 4.85. The van der Waals surface area contributed by atoms with Gasteiger partial charge in [0.05, 0.1) is 6.04 Å². The molecule has 4 heteroatoms. The molecule has 0 saturated carbocycles. The Balaban J connectivity index is 2.03. The molecule has 1 aliphatic heterocycles. The van der Waals surface area contributed by atoms with Gasteiger partial charge in [0.25, 0.3) is 0 Å². The van der Waals surface area contributed by atoms with Crippen LogP contribution in [0.3, 0.4) is 0 Å². The standard InChI is InChI=1S/C12H15ClN2O/c1-15-7-6-14-11(12(15)16)8-9-2-4-10(13)5-3-9/h2-5,11,14H,6-8H2,1H3. The fourth-order valence-electron chi connectivity index (χ4n) is 1.89. The average Bonchev–Trinajstić information content (AvgIpc) is 2.28. The predicted molar refractivity (Wildman–Crippen MR) is 64.6 cm³/mol. The molecule has 1 atom stereocenters. The van der Waals surface area contributed by atoms with Crippen molar-refractivity contribution in [1.29, 1.82) is 0 Å². The van der Waals surface area contributed by atoms with Crippen LogP contribution in [0.4, 0.5) is 0 Å². The topological polar surface area (TPSA) is 32.3 Å². The third-order valence-corrected chi connectivity index (χ3v) is 3.12. The van der Waals surface area contributed by atoms with Crippen LogP contribution in [0.5, 0.6) is 0 Å². The molecule has 1 aromatic carbocycles. The molecule has 1 fully saturated rings. The molecule has 0 spiro atoms. The van der Waals surface area contributed by atoms with Crippen molar-refractivity contribution in [2.24, 2.45) is 0 Å². The molecule has 1 heterocycles. The highest BCUT2D eigenvalue weighted by Gasteiger charge is 2.25. The number of carbonyl (C=O) groups excluding carboxylic acids is 1. The Morgan fingerprint density at radius 2 is 2.12 bits per heavy atom. The smallest absolute Gasteiger partial charge is 0.239 e. The van der Waals surface area contributed by atoms with E-state index in [0.29, 0.717) is 0 Å². The van der Waals surface area contributed by atoms with E-state index in [-0.39, 0.29) is 11.9 Å². The molecule has 3 nitrogen and oxygen atoms in total. The van der Waals surface area contributed by atoms with Gasteiger partial charge in [0.15, 0.2) is 0 Å². The normalized spacial score (nSPS) is 21.2. The lowest BCUT2D eigenvalue weighted by molar-refractivity contribution is -0.134. The molecule has 1 amide bonds. The van der Waals surface area contributed by atoms with Crippen molar-refractivity contribution >= 4 is 17.5 Å². The average molecular weight is 239 g/mol. The van der Waals surface area contributed by atoms with Gasteiger partial charge >= 0.3 is 0 Å². The summed E-state index contributed by atoms with van der Waals surface area (Å²) in [6.45, 7) is 1.65. The minimum absolute atomic E-state index is 0.0973. The zero-order chi connectivity index (χ0) is 11.5. The SMILES string of the molecule is CN1CCNC(Cc2ccc(Cl)cc2)C1=O. The summed E-state index contributed by atoms with van der Waals surface area (Å²) >= 11 is 5.82. The number of hydrogen-bond donors (Lipinski definition) is 1. The van der Waals surface area contributed by atoms with E-state index < -0.39 is 0 Å². The molecule has 86 valence electrons. The molecule has 0 aromatic heterocycles. The highest BCUT2D eigenvalue weighted by atomic mass is 35.5. The molecule has 1 aliphatic rings. The van der Waals surface area contributed by atoms with Gasteiger partial charge in [-0.05, 0) is 24.1 Å². The number of hydrogen-bond acceptors (Lipinski definition) is 2. The quantitative estimate of drug-likeness (QED) is 0.843. The molecule has 1 unspecified atom stereocenters. The van der Waals surface area contributed by atoms with Crippen molar-refractivity contribution < 1.29 is 4.79 Å². The van der Waals surface area contributed by atoms with Crippen LogP contribution >= 0.6 is 11.6 Å². The summed E-state index contributed by atoms with van der Waals surface area (Å²) in [5.74, 6) is 0.168. The highest BCUT2D eigenvalue weighted by Crippen LogP contribution is 2.12. The van der Waals surface area contributed by atoms with E-state index in [1.807, 2.05) is 31.3 Å². The zero-order valence-corrected chi connectivity index (χ0v) is 10.00. The Morgan fingerprint density at radius 1 is 1.44 bits per heavy atom. The summed E-state index contributed by atoms with van der Waals surface area (Å²) in [5.41, 5.74) is 1.13. The van der Waals surface area contributed by atoms with E-state index in [1.165, 1.54) is 0 Å². The lowest BCUT2D eigenvalue weighted by Crippen LogP contribution is -2.54. The van der Waals surface area contributed by atoms with Crippen LogP contribution in [-0.4, -0.2) is 37.0 Å². The molecular formula is C12H15ClN2O. The Morgan fingerprint density at radius 3 is 2.81 bits per heavy atom. The molecule has 0 bridgehead atoms. The number of amides is 1. The molecular weight excluding hydrogens is 224 g/mol. The van der Waals surface area contributed by atoms with Gasteiger partial charge in [0.2, 0.25) is 5.91 Å². The van der Waals surface area contributed by atoms with E-state index in [4.69, 9.17) is 11.6 Å². The van der Waals surface area contributed by atoms with Gasteiger partial charge in [-0.25, -0.2) is 0 Å². The lowest BCUT2D eigenvalue weighted by Gasteiger charge is -2.30. The van der Waals surface area contributed by atoms with Gasteiger partial charge in [-0.15, -0.1) is 0 Å². The third kappa shape index (κ3) is 2.54. The van der Waals surface area contributed by atoms with E-state index in [0.717, 1.165) is 30.1 Å². The predicted octanol–water partition coefficient (Wildman–Crippen LogP) is 1.31. The molecule has 1 aromatic rings. The second-order valence-corrected chi connectivity index (χ2v) is 4.53. The van der Waals surface area contributed by atoms with Crippen molar-refractivity contribution in [1.82, 2.24) is 10.2 Å². The molecule has 2 rings (SSSR count). The Hall–Kier alpha value is -1.06. The first kappa shape index (κ1) is 11.4. The van der Waals surface area contributed by atoms with Crippen LogP contribution in [0.15, 0.2) is 24.3 Å². The number of nitrogens with one attached hydrogen (secondary N) is 1. The first-order valence-corrected chi connectivity index (χ1v) is 5.77. The summed E-state index contributed by atoms with van der Waals surface area (Å²) in [4.78, 5) is 13.6. The zero-order valence-electron chi connectivity index (χ0n) is 9.24. The Bertz CT molecular complexity index is 377. The second-order valence-electron chi connectivity index (χ2n) is 4.10. The van der Waals surface area contributed by atoms with E-state index >= 15 is 0 Å². The van der Waals surface area contributed by atoms with Crippen molar-refractivity contribution in [2.75, 3.05) is 20.1 Å². The summed E-state index contributed by atoms with van der Waals surface area (Å²) < 4.78 is 0. The van der Waals surface area contributed by atoms with Gasteiger partial charge in [-0.3, -0.25) is 4.79 Å². The molecule has 1 saturated heterocycles. The van der Waals surface area contributed by atoms with Crippen LogP contribution in [0.2, 0.25) is 5.02 Å². The van der Waals surface area contributed by atoms with Crippen molar-refractivity contribution in [3.8, 4) is 0 Å². The monoisotopic (exact) mass is 238 g/mol. The first-order valence-electron chi connectivity index (χ1n) is 5.39. The molecule has 16 heavy (non-hydrogen) atoms. The molecule has 0 aliphatic carbocycles. The van der Waals surface area contributed by atoms with Crippen molar-refractivity contribution in [2.45, 2.75) is 12.5 Å². The van der Waals surface area contributed by atoms with Crippen LogP contribution in [0.1, 0.15) is 5.56 Å². The minimum atomic E-state index is -0.0973. The van der Waals surface area contributed by atoms with Crippen LogP contribution in [0.25, 0.3) is 0 Å². The minimum Gasteiger partial charge on any atom is -0.343 e. The maximum Gasteiger partial charge on any atom is 0.239 e. The van der Waals surface area contributed by atoms with Gasteiger partial charge in [-0.1, -0.05) is 23.7 Å². The number of likely N-dealkylation sites (N-methyl/N-ethyl adjacent to an activating group) is 1. The number of nitrogens with zero attached hydrogens (tertiary/aromatic N) is 1. The summed E-state index contributed by atoms with van der Waals surface area (Å²) in [6, 6.07) is 7.54. The van der Waals surface area contributed by atoms with Crippen LogP contribution in [-0.2, 0) is 11.2 Å². The van der Waals surface area contributed by atoms with Crippen molar-refractivity contribution in [3.63, 3.8) is 0 Å². The maximum absolute atomic E-state index is 11.8. The van der Waals surface area contributed by atoms with Gasteiger partial charge in [0, 0.05) is 25.2 Å². The van der Waals surface area contributed by atoms with Gasteiger partial charge in [-0.2, -0.15) is 0 Å². The Labute approximate surface area is 100 Å². The number of halogens is 1. The van der Waals surface area contributed by atoms with Gasteiger partial charge < -0.3 is 10.2 Å². The van der Waals surface area contributed by atoms with E-state index in [2.05, 4.69) is 5.32 Å². The number of carbonyl (C=O) groups is 1. The fraction of sp³-hybridized carbons (Fsp3) is 0.417.